The summed E-state index contributed by atoms with van der Waals surface area (Å²) in [5, 5.41) is 11.9. The number of esters is 1. The lowest BCUT2D eigenvalue weighted by atomic mass is 9.94. The zero-order valence-corrected chi connectivity index (χ0v) is 24.0. The largest absolute Gasteiger partial charge is 0.494 e. The maximum absolute atomic E-state index is 13.5. The minimum atomic E-state index is -1.28. The van der Waals surface area contributed by atoms with Gasteiger partial charge in [0.1, 0.15) is 18.0 Å². The molecule has 0 fully saturated rings. The third kappa shape index (κ3) is 8.61. The van der Waals surface area contributed by atoms with Crippen LogP contribution in [-0.4, -0.2) is 74.6 Å². The molecule has 0 saturated carbocycles. The predicted molar refractivity (Wildman–Crippen MR) is 150 cm³/mol. The Hall–Kier alpha value is -3.79. The minimum Gasteiger partial charge on any atom is -0.494 e. The number of ether oxygens (including phenoxy) is 5. The molecule has 1 heterocycles. The van der Waals surface area contributed by atoms with Crippen LogP contribution in [0.3, 0.4) is 0 Å². The number of aliphatic hydroxyl groups is 1. The van der Waals surface area contributed by atoms with Gasteiger partial charge >= 0.3 is 5.97 Å². The normalized spacial score (nSPS) is 16.5. The van der Waals surface area contributed by atoms with Crippen LogP contribution in [0.4, 0.5) is 0 Å². The van der Waals surface area contributed by atoms with Crippen molar-refractivity contribution < 1.29 is 38.4 Å². The third-order valence-corrected chi connectivity index (χ3v) is 6.17. The molecule has 40 heavy (non-hydrogen) atoms. The predicted octanol–water partition coefficient (Wildman–Crippen LogP) is 3.46. The molecule has 218 valence electrons. The molecule has 0 bridgehead atoms. The third-order valence-electron chi connectivity index (χ3n) is 6.17. The first-order chi connectivity index (χ1) is 19.1. The van der Waals surface area contributed by atoms with Gasteiger partial charge in [-0.1, -0.05) is 6.07 Å². The monoisotopic (exact) mass is 556 g/mol. The Labute approximate surface area is 235 Å². The summed E-state index contributed by atoms with van der Waals surface area (Å²) in [5.74, 6) is 1.49. The first kappa shape index (κ1) is 30.7. The van der Waals surface area contributed by atoms with E-state index < -0.39 is 17.1 Å². The van der Waals surface area contributed by atoms with Gasteiger partial charge in [0.15, 0.2) is 17.0 Å². The topological polar surface area (TPSA) is 125 Å². The van der Waals surface area contributed by atoms with E-state index >= 15 is 0 Å². The van der Waals surface area contributed by atoms with E-state index in [1.807, 2.05) is 18.2 Å². The summed E-state index contributed by atoms with van der Waals surface area (Å²) in [6.07, 6.45) is 1.25. The van der Waals surface area contributed by atoms with Crippen molar-refractivity contribution in [3.63, 3.8) is 0 Å². The van der Waals surface area contributed by atoms with Crippen LogP contribution >= 0.6 is 0 Å². The summed E-state index contributed by atoms with van der Waals surface area (Å²) >= 11 is 0. The van der Waals surface area contributed by atoms with Gasteiger partial charge in [-0.05, 0) is 75.6 Å². The van der Waals surface area contributed by atoms with Gasteiger partial charge in [-0.2, -0.15) is 0 Å². The molecule has 2 aromatic carbocycles. The lowest BCUT2D eigenvalue weighted by Gasteiger charge is -2.24. The maximum Gasteiger partial charge on any atom is 0.306 e. The van der Waals surface area contributed by atoms with Crippen molar-refractivity contribution in [2.45, 2.75) is 57.6 Å². The first-order valence-corrected chi connectivity index (χ1v) is 13.4. The van der Waals surface area contributed by atoms with Crippen molar-refractivity contribution in [3.8, 4) is 17.2 Å². The molecule has 0 saturated heterocycles. The highest BCUT2D eigenvalue weighted by Crippen LogP contribution is 2.30. The molecule has 10 nitrogen and oxygen atoms in total. The molecule has 2 N–H and O–H groups in total. The van der Waals surface area contributed by atoms with Crippen LogP contribution in [0.25, 0.3) is 0 Å². The zero-order valence-electron chi connectivity index (χ0n) is 24.0. The SMILES string of the molecule is COc1ccc(CCNC(=O)[C@@]2(CCC(=O)OC(C)(C)C)COC(c3ccc(OCCCO)cc3)=N2)cc1OC. The number of carbonyl (C=O) groups excluding carboxylic acids is 2. The number of nitrogens with one attached hydrogen (secondary N) is 1. The number of aliphatic imine (C=N–C) groups is 1. The van der Waals surface area contributed by atoms with Gasteiger partial charge in [-0.25, -0.2) is 4.99 Å². The summed E-state index contributed by atoms with van der Waals surface area (Å²) in [4.78, 5) is 30.7. The number of aliphatic hydroxyl groups excluding tert-OH is 1. The van der Waals surface area contributed by atoms with E-state index in [0.717, 1.165) is 5.56 Å². The fraction of sp³-hybridized carbons (Fsp3) is 0.500. The lowest BCUT2D eigenvalue weighted by molar-refractivity contribution is -0.155. The molecule has 0 aromatic heterocycles. The number of rotatable bonds is 14. The highest BCUT2D eigenvalue weighted by molar-refractivity contribution is 6.00. The van der Waals surface area contributed by atoms with Gasteiger partial charge in [-0.3, -0.25) is 9.59 Å². The highest BCUT2D eigenvalue weighted by atomic mass is 16.6. The average Bonchev–Trinajstić information content (AvgIpc) is 3.37. The molecule has 3 rings (SSSR count). The van der Waals surface area contributed by atoms with Crippen molar-refractivity contribution in [2.24, 2.45) is 4.99 Å². The molecule has 1 aliphatic heterocycles. The summed E-state index contributed by atoms with van der Waals surface area (Å²) in [5.41, 5.74) is -0.256. The molecule has 0 radical (unpaired) electrons. The van der Waals surface area contributed by atoms with Crippen molar-refractivity contribution in [1.82, 2.24) is 5.32 Å². The Bertz CT molecular complexity index is 1170. The lowest BCUT2D eigenvalue weighted by Crippen LogP contribution is -2.47. The Morgan fingerprint density at radius 2 is 1.80 bits per heavy atom. The first-order valence-electron chi connectivity index (χ1n) is 13.4. The fourth-order valence-electron chi connectivity index (χ4n) is 4.12. The van der Waals surface area contributed by atoms with Crippen molar-refractivity contribution in [1.29, 1.82) is 0 Å². The molecule has 10 heteroatoms. The summed E-state index contributed by atoms with van der Waals surface area (Å²) in [7, 11) is 3.15. The molecular formula is C30H40N2O8. The van der Waals surface area contributed by atoms with E-state index in [1.165, 1.54) is 0 Å². The van der Waals surface area contributed by atoms with E-state index in [2.05, 4.69) is 5.32 Å². The van der Waals surface area contributed by atoms with Crippen LogP contribution in [0.1, 0.15) is 51.2 Å². The summed E-state index contributed by atoms with van der Waals surface area (Å²) in [6, 6.07) is 12.8. The van der Waals surface area contributed by atoms with Gasteiger partial charge in [0, 0.05) is 31.6 Å². The number of nitrogens with zero attached hydrogens (tertiary/aromatic N) is 1. The smallest absolute Gasteiger partial charge is 0.306 e. The molecule has 1 atom stereocenters. The molecule has 1 aliphatic rings. The number of hydrogen-bond acceptors (Lipinski definition) is 9. The van der Waals surface area contributed by atoms with E-state index in [0.29, 0.717) is 54.7 Å². The highest BCUT2D eigenvalue weighted by Gasteiger charge is 2.44. The second kappa shape index (κ2) is 14.0. The number of methoxy groups -OCH3 is 2. The molecular weight excluding hydrogens is 516 g/mol. The Morgan fingerprint density at radius 1 is 1.07 bits per heavy atom. The van der Waals surface area contributed by atoms with Crippen LogP contribution in [0.2, 0.25) is 0 Å². The standard InChI is InChI=1S/C30H40N2O8/c1-29(2,3)40-26(34)13-15-30(28(35)31-16-14-21-7-12-24(36-4)25(19-21)37-5)20-39-27(32-30)22-8-10-23(11-9-22)38-18-6-17-33/h7-12,19,33H,6,13-18,20H2,1-5H3,(H,31,35)/t30-/m1/s1. The van der Waals surface area contributed by atoms with Crippen molar-refractivity contribution in [2.75, 3.05) is 40.6 Å². The van der Waals surface area contributed by atoms with E-state index in [9.17, 15) is 9.59 Å². The van der Waals surface area contributed by atoms with E-state index in [1.54, 1.807) is 59.3 Å². The van der Waals surface area contributed by atoms with Gasteiger partial charge in [0.2, 0.25) is 5.90 Å². The van der Waals surface area contributed by atoms with Crippen LogP contribution in [0.15, 0.2) is 47.5 Å². The van der Waals surface area contributed by atoms with E-state index in [-0.39, 0.29) is 32.0 Å². The van der Waals surface area contributed by atoms with Crippen LogP contribution in [0.5, 0.6) is 17.2 Å². The van der Waals surface area contributed by atoms with Gasteiger partial charge < -0.3 is 34.1 Å². The van der Waals surface area contributed by atoms with Crippen LogP contribution in [-0.2, 0) is 25.5 Å². The number of hydrogen-bond donors (Lipinski definition) is 2. The molecule has 0 aliphatic carbocycles. The summed E-state index contributed by atoms with van der Waals surface area (Å²) in [6.45, 7) is 6.22. The Balaban J connectivity index is 1.73. The second-order valence-corrected chi connectivity index (χ2v) is 10.5. The molecule has 1 amide bonds. The molecule has 0 unspecified atom stereocenters. The van der Waals surface area contributed by atoms with Gasteiger partial charge in [-0.15, -0.1) is 0 Å². The Kier molecular flexibility index (Phi) is 10.8. The Morgan fingerprint density at radius 3 is 2.45 bits per heavy atom. The average molecular weight is 557 g/mol. The van der Waals surface area contributed by atoms with Crippen LogP contribution in [0, 0.1) is 0 Å². The molecule has 2 aromatic rings. The minimum absolute atomic E-state index is 0.00206. The summed E-state index contributed by atoms with van der Waals surface area (Å²) < 4.78 is 27.6. The van der Waals surface area contributed by atoms with Gasteiger partial charge in [0.25, 0.3) is 5.91 Å². The number of benzene rings is 2. The van der Waals surface area contributed by atoms with Crippen molar-refractivity contribution >= 4 is 17.8 Å². The maximum atomic E-state index is 13.5. The van der Waals surface area contributed by atoms with Crippen LogP contribution < -0.4 is 19.5 Å². The number of amides is 1. The van der Waals surface area contributed by atoms with E-state index in [4.69, 9.17) is 33.8 Å². The van der Waals surface area contributed by atoms with Gasteiger partial charge in [0.05, 0.1) is 20.8 Å². The molecule has 0 spiro atoms. The second-order valence-electron chi connectivity index (χ2n) is 10.5. The van der Waals surface area contributed by atoms with Crippen molar-refractivity contribution in [3.05, 3.63) is 53.6 Å². The zero-order chi connectivity index (χ0) is 29.2. The fourth-order valence-corrected chi connectivity index (χ4v) is 4.12. The number of carbonyl (C=O) groups is 2. The quantitative estimate of drug-likeness (QED) is 0.268.